The number of hydrogen-bond acceptors (Lipinski definition) is 7. The predicted molar refractivity (Wildman–Crippen MR) is 85.0 cm³/mol. The molecule has 0 aromatic heterocycles. The van der Waals surface area contributed by atoms with Crippen LogP contribution in [-0.4, -0.2) is 70.1 Å². The second kappa shape index (κ2) is 7.59. The molecule has 1 heterocycles. The first-order valence-corrected chi connectivity index (χ1v) is 8.30. The molecule has 2 rings (SSSR count). The standard InChI is InChI=1S/C17H28O7/c1-9-6-10(19)7-17(2,3)11(9)4-5-23-16-15(22)14(21)13(20)12(8-18)24-16/h6,11-16,18,20-22H,4-5,7-8H2,1-3H3/t11?,12-,13-,14+,15-,16-/m1/s1. The molecule has 0 radical (unpaired) electrons. The van der Waals surface area contributed by atoms with E-state index in [9.17, 15) is 20.1 Å². The topological polar surface area (TPSA) is 116 Å². The lowest BCUT2D eigenvalue weighted by molar-refractivity contribution is -0.301. The van der Waals surface area contributed by atoms with Gasteiger partial charge in [-0.05, 0) is 30.8 Å². The smallest absolute Gasteiger partial charge is 0.186 e. The SMILES string of the molecule is CC1=CC(=O)CC(C)(C)C1CCO[C@@H]1O[C@H](CO)[C@@H](O)[C@H](O)[C@H]1O. The highest BCUT2D eigenvalue weighted by Gasteiger charge is 2.44. The van der Waals surface area contributed by atoms with Crippen molar-refractivity contribution >= 4 is 5.78 Å². The molecule has 0 bridgehead atoms. The third kappa shape index (κ3) is 4.04. The minimum atomic E-state index is -1.44. The zero-order valence-corrected chi connectivity index (χ0v) is 14.4. The third-order valence-corrected chi connectivity index (χ3v) is 5.05. The molecular weight excluding hydrogens is 316 g/mol. The highest BCUT2D eigenvalue weighted by atomic mass is 16.7. The summed E-state index contributed by atoms with van der Waals surface area (Å²) in [5.41, 5.74) is 0.836. The monoisotopic (exact) mass is 344 g/mol. The summed E-state index contributed by atoms with van der Waals surface area (Å²) < 4.78 is 10.9. The zero-order valence-electron chi connectivity index (χ0n) is 14.4. The van der Waals surface area contributed by atoms with Gasteiger partial charge in [0.1, 0.15) is 24.4 Å². The van der Waals surface area contributed by atoms with E-state index in [-0.39, 0.29) is 23.7 Å². The van der Waals surface area contributed by atoms with Crippen molar-refractivity contribution in [1.82, 2.24) is 0 Å². The molecular formula is C17H28O7. The van der Waals surface area contributed by atoms with Crippen LogP contribution in [0.1, 0.15) is 33.6 Å². The number of aliphatic hydroxyl groups excluding tert-OH is 4. The Kier molecular flexibility index (Phi) is 6.17. The summed E-state index contributed by atoms with van der Waals surface area (Å²) in [6.45, 7) is 5.79. The van der Waals surface area contributed by atoms with Crippen LogP contribution >= 0.6 is 0 Å². The first-order chi connectivity index (χ1) is 11.2. The van der Waals surface area contributed by atoms with Gasteiger partial charge >= 0.3 is 0 Å². The fraction of sp³-hybridized carbons (Fsp3) is 0.824. The lowest BCUT2D eigenvalue weighted by Gasteiger charge is -2.41. The van der Waals surface area contributed by atoms with Gasteiger partial charge in [-0.15, -0.1) is 0 Å². The Labute approximate surface area is 141 Å². The molecule has 0 saturated carbocycles. The number of ether oxygens (including phenoxy) is 2. The number of aliphatic hydroxyl groups is 4. The van der Waals surface area contributed by atoms with Gasteiger partial charge in [0.25, 0.3) is 0 Å². The molecule has 138 valence electrons. The van der Waals surface area contributed by atoms with Crippen LogP contribution in [0.4, 0.5) is 0 Å². The zero-order chi connectivity index (χ0) is 18.1. The highest BCUT2D eigenvalue weighted by Crippen LogP contribution is 2.41. The number of rotatable bonds is 5. The van der Waals surface area contributed by atoms with Gasteiger partial charge in [-0.25, -0.2) is 0 Å². The molecule has 1 aliphatic heterocycles. The third-order valence-electron chi connectivity index (χ3n) is 5.05. The number of hydrogen-bond donors (Lipinski definition) is 4. The van der Waals surface area contributed by atoms with Gasteiger partial charge < -0.3 is 29.9 Å². The molecule has 0 aromatic carbocycles. The molecule has 7 nitrogen and oxygen atoms in total. The van der Waals surface area contributed by atoms with Crippen molar-refractivity contribution in [3.05, 3.63) is 11.6 Å². The fourth-order valence-corrected chi connectivity index (χ4v) is 3.72. The van der Waals surface area contributed by atoms with Gasteiger partial charge in [-0.3, -0.25) is 4.79 Å². The van der Waals surface area contributed by atoms with Gasteiger partial charge in [0.05, 0.1) is 13.2 Å². The minimum absolute atomic E-state index is 0.128. The summed E-state index contributed by atoms with van der Waals surface area (Å²) in [5, 5.41) is 38.6. The lowest BCUT2D eigenvalue weighted by atomic mass is 9.67. The van der Waals surface area contributed by atoms with Crippen molar-refractivity contribution in [3.8, 4) is 0 Å². The summed E-state index contributed by atoms with van der Waals surface area (Å²) >= 11 is 0. The molecule has 1 aliphatic carbocycles. The highest BCUT2D eigenvalue weighted by molar-refractivity contribution is 5.91. The Morgan fingerprint density at radius 1 is 1.25 bits per heavy atom. The summed E-state index contributed by atoms with van der Waals surface area (Å²) in [6, 6.07) is 0. The van der Waals surface area contributed by atoms with E-state index >= 15 is 0 Å². The first-order valence-electron chi connectivity index (χ1n) is 8.30. The molecule has 24 heavy (non-hydrogen) atoms. The van der Waals surface area contributed by atoms with Crippen LogP contribution < -0.4 is 0 Å². The average Bonchev–Trinajstić information content (AvgIpc) is 2.48. The van der Waals surface area contributed by atoms with E-state index in [1.165, 1.54) is 0 Å². The van der Waals surface area contributed by atoms with Gasteiger partial charge in [0.15, 0.2) is 12.1 Å². The number of carbonyl (C=O) groups is 1. The van der Waals surface area contributed by atoms with Crippen LogP contribution in [0.2, 0.25) is 0 Å². The molecule has 1 saturated heterocycles. The number of allylic oxidation sites excluding steroid dienone is 2. The van der Waals surface area contributed by atoms with Crippen molar-refractivity contribution in [2.45, 2.75) is 64.3 Å². The summed E-state index contributed by atoms with van der Waals surface area (Å²) in [5.74, 6) is 0.295. The van der Waals surface area contributed by atoms with E-state index in [4.69, 9.17) is 14.6 Å². The van der Waals surface area contributed by atoms with Gasteiger partial charge in [0, 0.05) is 6.42 Å². The summed E-state index contributed by atoms with van der Waals surface area (Å²) in [6.07, 6.45) is -3.52. The summed E-state index contributed by atoms with van der Waals surface area (Å²) in [4.78, 5) is 11.7. The van der Waals surface area contributed by atoms with E-state index in [0.717, 1.165) is 5.57 Å². The fourth-order valence-electron chi connectivity index (χ4n) is 3.72. The Bertz CT molecular complexity index is 485. The van der Waals surface area contributed by atoms with Crippen LogP contribution in [-0.2, 0) is 14.3 Å². The van der Waals surface area contributed by atoms with Crippen LogP contribution in [0.5, 0.6) is 0 Å². The van der Waals surface area contributed by atoms with Crippen LogP contribution in [0, 0.1) is 11.3 Å². The molecule has 0 aromatic rings. The molecule has 4 N–H and O–H groups in total. The molecule has 1 fully saturated rings. The van der Waals surface area contributed by atoms with Crippen molar-refractivity contribution < 1.29 is 34.7 Å². The Morgan fingerprint density at radius 2 is 1.92 bits per heavy atom. The van der Waals surface area contributed by atoms with Crippen LogP contribution in [0.25, 0.3) is 0 Å². The maximum atomic E-state index is 11.7. The maximum absolute atomic E-state index is 11.7. The minimum Gasteiger partial charge on any atom is -0.394 e. The van der Waals surface area contributed by atoms with E-state index in [0.29, 0.717) is 12.8 Å². The number of carbonyl (C=O) groups excluding carboxylic acids is 1. The predicted octanol–water partition coefficient (Wildman–Crippen LogP) is -0.246. The largest absolute Gasteiger partial charge is 0.394 e. The van der Waals surface area contributed by atoms with Crippen molar-refractivity contribution in [2.24, 2.45) is 11.3 Å². The van der Waals surface area contributed by atoms with Crippen molar-refractivity contribution in [3.63, 3.8) is 0 Å². The van der Waals surface area contributed by atoms with Crippen LogP contribution in [0.15, 0.2) is 11.6 Å². The van der Waals surface area contributed by atoms with Gasteiger partial charge in [-0.2, -0.15) is 0 Å². The van der Waals surface area contributed by atoms with Crippen molar-refractivity contribution in [2.75, 3.05) is 13.2 Å². The Morgan fingerprint density at radius 3 is 2.50 bits per heavy atom. The molecule has 1 unspecified atom stereocenters. The lowest BCUT2D eigenvalue weighted by Crippen LogP contribution is -2.59. The number of ketones is 1. The normalized spacial score (nSPS) is 39.6. The van der Waals surface area contributed by atoms with E-state index < -0.39 is 37.3 Å². The Hall–Kier alpha value is -0.830. The van der Waals surface area contributed by atoms with E-state index in [1.54, 1.807) is 6.08 Å². The van der Waals surface area contributed by atoms with Gasteiger partial charge in [0.2, 0.25) is 0 Å². The second-order valence-corrected chi connectivity index (χ2v) is 7.43. The van der Waals surface area contributed by atoms with E-state index in [1.807, 2.05) is 20.8 Å². The molecule has 0 spiro atoms. The molecule has 7 heteroatoms. The van der Waals surface area contributed by atoms with Gasteiger partial charge in [-0.1, -0.05) is 19.4 Å². The quantitative estimate of drug-likeness (QED) is 0.543. The maximum Gasteiger partial charge on any atom is 0.186 e. The first kappa shape index (κ1) is 19.5. The Balaban J connectivity index is 1.93. The molecule has 0 amide bonds. The van der Waals surface area contributed by atoms with Crippen molar-refractivity contribution in [1.29, 1.82) is 0 Å². The molecule has 2 aliphatic rings. The summed E-state index contributed by atoms with van der Waals surface area (Å²) in [7, 11) is 0. The second-order valence-electron chi connectivity index (χ2n) is 7.43. The van der Waals surface area contributed by atoms with E-state index in [2.05, 4.69) is 0 Å². The molecule has 6 atom stereocenters. The van der Waals surface area contributed by atoms with Crippen LogP contribution in [0.3, 0.4) is 0 Å². The average molecular weight is 344 g/mol.